The lowest BCUT2D eigenvalue weighted by molar-refractivity contribution is -0.127. The molecule has 2 N–H and O–H groups in total. The van der Waals surface area contributed by atoms with E-state index in [1.54, 1.807) is 6.92 Å². The van der Waals surface area contributed by atoms with Crippen LogP contribution in [0, 0.1) is 11.7 Å². The van der Waals surface area contributed by atoms with Crippen molar-refractivity contribution in [2.75, 3.05) is 11.3 Å². The second-order valence-corrected chi connectivity index (χ2v) is 8.17. The zero-order valence-electron chi connectivity index (χ0n) is 15.4. The van der Waals surface area contributed by atoms with Gasteiger partial charge in [-0.3, -0.25) is 9.52 Å². The van der Waals surface area contributed by atoms with Crippen LogP contribution < -0.4 is 14.8 Å². The standard InChI is InChI=1S/C19H23FN2O4S/c1-13(2)12-21-19(23)14(3)26-17-7-9-18(10-8-17)27(24,25)22-16-6-4-5-15(20)11-16/h4-11,13-14,22H,12H2,1-3H3,(H,21,23)/t14-/m1/s1. The molecule has 0 unspecified atom stereocenters. The average Bonchev–Trinajstić information content (AvgIpc) is 2.59. The summed E-state index contributed by atoms with van der Waals surface area (Å²) in [5.74, 6) is -0.0834. The predicted octanol–water partition coefficient (Wildman–Crippen LogP) is 3.17. The predicted molar refractivity (Wildman–Crippen MR) is 102 cm³/mol. The summed E-state index contributed by atoms with van der Waals surface area (Å²) >= 11 is 0. The molecule has 2 aromatic carbocycles. The lowest BCUT2D eigenvalue weighted by Gasteiger charge is -2.16. The van der Waals surface area contributed by atoms with Crippen LogP contribution in [0.5, 0.6) is 5.75 Å². The number of anilines is 1. The molecule has 2 aromatic rings. The summed E-state index contributed by atoms with van der Waals surface area (Å²) in [6, 6.07) is 10.8. The van der Waals surface area contributed by atoms with Crippen LogP contribution in [0.3, 0.4) is 0 Å². The number of sulfonamides is 1. The summed E-state index contributed by atoms with van der Waals surface area (Å²) < 4.78 is 45.8. The van der Waals surface area contributed by atoms with Gasteiger partial charge in [0, 0.05) is 6.54 Å². The molecule has 0 aliphatic carbocycles. The number of amides is 1. The van der Waals surface area contributed by atoms with Crippen molar-refractivity contribution in [2.45, 2.75) is 31.8 Å². The van der Waals surface area contributed by atoms with Gasteiger partial charge in [0.2, 0.25) is 0 Å². The van der Waals surface area contributed by atoms with Crippen molar-refractivity contribution in [3.05, 3.63) is 54.3 Å². The van der Waals surface area contributed by atoms with Crippen molar-refractivity contribution >= 4 is 21.6 Å². The number of halogens is 1. The first kappa shape index (κ1) is 20.7. The third kappa shape index (κ3) is 6.25. The molecule has 0 aromatic heterocycles. The lowest BCUT2D eigenvalue weighted by atomic mass is 10.2. The minimum Gasteiger partial charge on any atom is -0.481 e. The second-order valence-electron chi connectivity index (χ2n) is 6.49. The van der Waals surface area contributed by atoms with Gasteiger partial charge >= 0.3 is 0 Å². The number of hydrogen-bond donors (Lipinski definition) is 2. The van der Waals surface area contributed by atoms with Gasteiger partial charge in [-0.05, 0) is 55.3 Å². The summed E-state index contributed by atoms with van der Waals surface area (Å²) in [6.45, 7) is 6.15. The van der Waals surface area contributed by atoms with E-state index in [-0.39, 0.29) is 16.5 Å². The molecule has 8 heteroatoms. The van der Waals surface area contributed by atoms with Gasteiger partial charge in [0.1, 0.15) is 11.6 Å². The highest BCUT2D eigenvalue weighted by molar-refractivity contribution is 7.92. The van der Waals surface area contributed by atoms with Gasteiger partial charge in [-0.15, -0.1) is 0 Å². The van der Waals surface area contributed by atoms with Gasteiger partial charge in [0.25, 0.3) is 15.9 Å². The Hall–Kier alpha value is -2.61. The number of hydrogen-bond acceptors (Lipinski definition) is 4. The molecule has 1 amide bonds. The van der Waals surface area contributed by atoms with Crippen LogP contribution in [0.2, 0.25) is 0 Å². The molecule has 27 heavy (non-hydrogen) atoms. The Balaban J connectivity index is 2.02. The van der Waals surface area contributed by atoms with Crippen molar-refractivity contribution in [3.8, 4) is 5.75 Å². The van der Waals surface area contributed by atoms with E-state index in [4.69, 9.17) is 4.74 Å². The molecule has 0 fully saturated rings. The highest BCUT2D eigenvalue weighted by atomic mass is 32.2. The Morgan fingerprint density at radius 2 is 1.78 bits per heavy atom. The first-order valence-corrected chi connectivity index (χ1v) is 9.98. The van der Waals surface area contributed by atoms with Gasteiger partial charge in [0.15, 0.2) is 6.10 Å². The maximum atomic E-state index is 13.2. The molecule has 6 nitrogen and oxygen atoms in total. The third-order valence-electron chi connectivity index (χ3n) is 3.58. The van der Waals surface area contributed by atoms with Gasteiger partial charge < -0.3 is 10.1 Å². The van der Waals surface area contributed by atoms with Crippen molar-refractivity contribution < 1.29 is 22.3 Å². The molecule has 0 bridgehead atoms. The zero-order valence-corrected chi connectivity index (χ0v) is 16.2. The van der Waals surface area contributed by atoms with E-state index >= 15 is 0 Å². The Bertz CT molecular complexity index is 883. The van der Waals surface area contributed by atoms with Gasteiger partial charge in [-0.1, -0.05) is 19.9 Å². The lowest BCUT2D eigenvalue weighted by Crippen LogP contribution is -2.38. The molecule has 2 rings (SSSR count). The number of benzene rings is 2. The zero-order chi connectivity index (χ0) is 20.0. The molecule has 0 saturated heterocycles. The molecule has 0 aliphatic heterocycles. The van der Waals surface area contributed by atoms with E-state index in [9.17, 15) is 17.6 Å². The van der Waals surface area contributed by atoms with Crippen LogP contribution in [0.1, 0.15) is 20.8 Å². The van der Waals surface area contributed by atoms with E-state index in [1.807, 2.05) is 13.8 Å². The summed E-state index contributed by atoms with van der Waals surface area (Å²) in [4.78, 5) is 11.9. The summed E-state index contributed by atoms with van der Waals surface area (Å²) in [6.07, 6.45) is -0.711. The molecular weight excluding hydrogens is 371 g/mol. The van der Waals surface area contributed by atoms with Crippen LogP contribution in [0.4, 0.5) is 10.1 Å². The number of carbonyl (C=O) groups excluding carboxylic acids is 1. The SMILES string of the molecule is CC(C)CNC(=O)[C@@H](C)Oc1ccc(S(=O)(=O)Nc2cccc(F)c2)cc1. The second kappa shape index (κ2) is 8.85. The summed E-state index contributed by atoms with van der Waals surface area (Å²) in [7, 11) is -3.86. The minimum atomic E-state index is -3.86. The third-order valence-corrected chi connectivity index (χ3v) is 4.97. The highest BCUT2D eigenvalue weighted by Crippen LogP contribution is 2.20. The minimum absolute atomic E-state index is 0.00368. The fourth-order valence-electron chi connectivity index (χ4n) is 2.17. The Morgan fingerprint density at radius 1 is 1.11 bits per heavy atom. The van der Waals surface area contributed by atoms with E-state index in [0.717, 1.165) is 6.07 Å². The first-order valence-electron chi connectivity index (χ1n) is 8.50. The van der Waals surface area contributed by atoms with Crippen LogP contribution in [0.15, 0.2) is 53.4 Å². The van der Waals surface area contributed by atoms with Crippen molar-refractivity contribution in [3.63, 3.8) is 0 Å². The fourth-order valence-corrected chi connectivity index (χ4v) is 3.22. The first-order chi connectivity index (χ1) is 12.7. The van der Waals surface area contributed by atoms with Gasteiger partial charge in [0.05, 0.1) is 10.6 Å². The number of nitrogens with one attached hydrogen (secondary N) is 2. The fraction of sp³-hybridized carbons (Fsp3) is 0.316. The molecular formula is C19H23FN2O4S. The van der Waals surface area contributed by atoms with Crippen LogP contribution in [-0.2, 0) is 14.8 Å². The summed E-state index contributed by atoms with van der Waals surface area (Å²) in [5.41, 5.74) is 0.130. The highest BCUT2D eigenvalue weighted by Gasteiger charge is 2.17. The van der Waals surface area contributed by atoms with E-state index in [2.05, 4.69) is 10.0 Å². The van der Waals surface area contributed by atoms with E-state index < -0.39 is 21.9 Å². The number of ether oxygens (including phenoxy) is 1. The average molecular weight is 394 g/mol. The Kier molecular flexibility index (Phi) is 6.79. The largest absolute Gasteiger partial charge is 0.481 e. The molecule has 0 aliphatic rings. The molecule has 1 atom stereocenters. The Morgan fingerprint density at radius 3 is 2.37 bits per heavy atom. The smallest absolute Gasteiger partial charge is 0.261 e. The maximum Gasteiger partial charge on any atom is 0.261 e. The topological polar surface area (TPSA) is 84.5 Å². The molecule has 0 radical (unpaired) electrons. The molecule has 0 saturated carbocycles. The maximum absolute atomic E-state index is 13.2. The quantitative estimate of drug-likeness (QED) is 0.720. The van der Waals surface area contributed by atoms with Crippen LogP contribution in [-0.4, -0.2) is 27.0 Å². The van der Waals surface area contributed by atoms with Crippen LogP contribution in [0.25, 0.3) is 0 Å². The molecule has 0 heterocycles. The normalized spacial score (nSPS) is 12.5. The van der Waals surface area contributed by atoms with Crippen molar-refractivity contribution in [1.82, 2.24) is 5.32 Å². The summed E-state index contributed by atoms with van der Waals surface area (Å²) in [5, 5.41) is 2.77. The van der Waals surface area contributed by atoms with Gasteiger partial charge in [-0.2, -0.15) is 0 Å². The Labute approximate surface area is 158 Å². The number of carbonyl (C=O) groups is 1. The van der Waals surface area contributed by atoms with Crippen molar-refractivity contribution in [2.24, 2.45) is 5.92 Å². The van der Waals surface area contributed by atoms with Gasteiger partial charge in [-0.25, -0.2) is 12.8 Å². The molecule has 0 spiro atoms. The number of rotatable bonds is 8. The monoisotopic (exact) mass is 394 g/mol. The van der Waals surface area contributed by atoms with E-state index in [0.29, 0.717) is 18.2 Å². The van der Waals surface area contributed by atoms with Crippen LogP contribution >= 0.6 is 0 Å². The van der Waals surface area contributed by atoms with Crippen molar-refractivity contribution in [1.29, 1.82) is 0 Å². The van der Waals surface area contributed by atoms with E-state index in [1.165, 1.54) is 42.5 Å². The molecule has 146 valence electrons.